The molecule has 0 aromatic carbocycles. The molecule has 0 unspecified atom stereocenters. The quantitative estimate of drug-likeness (QED) is 0.680. The summed E-state index contributed by atoms with van der Waals surface area (Å²) in [5, 5.41) is 12.2. The summed E-state index contributed by atoms with van der Waals surface area (Å²) in [6, 6.07) is 0. The number of hydrogen-bond acceptors (Lipinski definition) is 3. The molecule has 0 amide bonds. The van der Waals surface area contributed by atoms with Crippen LogP contribution in [0.1, 0.15) is 33.1 Å². The standard InChI is InChI=1S/C9H15NO3/c1-9(2)5-3-4-7(9)10-13-6-8(11)12/h3-6H2,1-2H3,(H,11,12)/b10-7+. The number of carbonyl (C=O) groups is 1. The van der Waals surface area contributed by atoms with Crippen molar-refractivity contribution in [2.24, 2.45) is 10.6 Å². The molecule has 0 saturated heterocycles. The van der Waals surface area contributed by atoms with E-state index in [0.717, 1.165) is 25.0 Å². The molecule has 0 heterocycles. The lowest BCUT2D eigenvalue weighted by molar-refractivity contribution is -0.142. The van der Waals surface area contributed by atoms with Crippen molar-refractivity contribution >= 4 is 11.7 Å². The second-order valence-corrected chi connectivity index (χ2v) is 3.94. The lowest BCUT2D eigenvalue weighted by atomic mass is 9.90. The van der Waals surface area contributed by atoms with Gasteiger partial charge in [0.1, 0.15) is 0 Å². The normalized spacial score (nSPS) is 23.4. The van der Waals surface area contributed by atoms with E-state index >= 15 is 0 Å². The number of carboxylic acid groups (broad SMARTS) is 1. The first-order valence-electron chi connectivity index (χ1n) is 4.43. The van der Waals surface area contributed by atoms with Gasteiger partial charge in [0.2, 0.25) is 6.61 Å². The molecule has 0 aliphatic heterocycles. The van der Waals surface area contributed by atoms with Crippen molar-refractivity contribution < 1.29 is 14.7 Å². The summed E-state index contributed by atoms with van der Waals surface area (Å²) in [6.45, 7) is 3.85. The number of rotatable bonds is 3. The number of hydrogen-bond donors (Lipinski definition) is 1. The van der Waals surface area contributed by atoms with Gasteiger partial charge in [-0.3, -0.25) is 0 Å². The van der Waals surface area contributed by atoms with Crippen LogP contribution in [0.25, 0.3) is 0 Å². The molecule has 0 radical (unpaired) electrons. The van der Waals surface area contributed by atoms with Gasteiger partial charge in [-0.25, -0.2) is 4.79 Å². The van der Waals surface area contributed by atoms with Crippen LogP contribution in [0, 0.1) is 5.41 Å². The van der Waals surface area contributed by atoms with Gasteiger partial charge in [-0.1, -0.05) is 19.0 Å². The highest BCUT2D eigenvalue weighted by atomic mass is 16.6. The first-order valence-corrected chi connectivity index (χ1v) is 4.43. The molecular weight excluding hydrogens is 170 g/mol. The third kappa shape index (κ3) is 2.72. The molecule has 13 heavy (non-hydrogen) atoms. The van der Waals surface area contributed by atoms with Gasteiger partial charge in [0, 0.05) is 5.41 Å². The van der Waals surface area contributed by atoms with Gasteiger partial charge in [-0.05, 0) is 19.3 Å². The highest BCUT2D eigenvalue weighted by Crippen LogP contribution is 2.34. The van der Waals surface area contributed by atoms with Crippen molar-refractivity contribution in [3.63, 3.8) is 0 Å². The molecule has 0 atom stereocenters. The maximum atomic E-state index is 10.1. The number of nitrogens with zero attached hydrogens (tertiary/aromatic N) is 1. The zero-order valence-corrected chi connectivity index (χ0v) is 8.04. The predicted molar refractivity (Wildman–Crippen MR) is 48.7 cm³/mol. The summed E-state index contributed by atoms with van der Waals surface area (Å²) in [5.74, 6) is -0.986. The smallest absolute Gasteiger partial charge is 0.344 e. The SMILES string of the molecule is CC1(C)CCC/C1=N\OCC(=O)O. The number of carboxylic acids is 1. The Labute approximate surface area is 77.6 Å². The molecule has 0 aromatic heterocycles. The highest BCUT2D eigenvalue weighted by Gasteiger charge is 2.30. The first-order chi connectivity index (χ1) is 6.02. The Morgan fingerprint density at radius 3 is 2.85 bits per heavy atom. The second kappa shape index (κ2) is 3.77. The van der Waals surface area contributed by atoms with E-state index in [9.17, 15) is 4.79 Å². The van der Waals surface area contributed by atoms with Crippen molar-refractivity contribution in [1.82, 2.24) is 0 Å². The fraction of sp³-hybridized carbons (Fsp3) is 0.778. The molecule has 1 N–H and O–H groups in total. The Morgan fingerprint density at radius 2 is 2.38 bits per heavy atom. The van der Waals surface area contributed by atoms with E-state index in [0.29, 0.717) is 0 Å². The predicted octanol–water partition coefficient (Wildman–Crippen LogP) is 1.65. The summed E-state index contributed by atoms with van der Waals surface area (Å²) in [7, 11) is 0. The molecule has 1 aliphatic rings. The van der Waals surface area contributed by atoms with E-state index in [1.807, 2.05) is 0 Å². The summed E-state index contributed by atoms with van der Waals surface area (Å²) >= 11 is 0. The van der Waals surface area contributed by atoms with Gasteiger partial charge in [0.25, 0.3) is 0 Å². The van der Waals surface area contributed by atoms with Crippen LogP contribution in [0.2, 0.25) is 0 Å². The molecule has 74 valence electrons. The Kier molecular flexibility index (Phi) is 2.90. The van der Waals surface area contributed by atoms with Gasteiger partial charge >= 0.3 is 5.97 Å². The Hall–Kier alpha value is -1.06. The van der Waals surface area contributed by atoms with Gasteiger partial charge in [-0.15, -0.1) is 0 Å². The summed E-state index contributed by atoms with van der Waals surface area (Å²) in [5.41, 5.74) is 1.06. The van der Waals surface area contributed by atoms with Crippen molar-refractivity contribution in [3.8, 4) is 0 Å². The van der Waals surface area contributed by atoms with Crippen molar-refractivity contribution in [2.75, 3.05) is 6.61 Å². The van der Waals surface area contributed by atoms with Gasteiger partial charge < -0.3 is 9.94 Å². The number of aliphatic carboxylic acids is 1. The zero-order valence-electron chi connectivity index (χ0n) is 8.04. The molecule has 1 fully saturated rings. The molecule has 1 aliphatic carbocycles. The number of oxime groups is 1. The fourth-order valence-corrected chi connectivity index (χ4v) is 1.52. The van der Waals surface area contributed by atoms with E-state index in [4.69, 9.17) is 9.94 Å². The molecular formula is C9H15NO3. The first kappa shape index (κ1) is 10.0. The van der Waals surface area contributed by atoms with Crippen molar-refractivity contribution in [1.29, 1.82) is 0 Å². The summed E-state index contributed by atoms with van der Waals surface area (Å²) in [6.07, 6.45) is 3.14. The minimum atomic E-state index is -0.986. The fourth-order valence-electron chi connectivity index (χ4n) is 1.52. The molecule has 4 heteroatoms. The maximum absolute atomic E-state index is 10.1. The van der Waals surface area contributed by atoms with Crippen LogP contribution in [-0.2, 0) is 9.63 Å². The van der Waals surface area contributed by atoms with Crippen molar-refractivity contribution in [2.45, 2.75) is 33.1 Å². The van der Waals surface area contributed by atoms with Crippen LogP contribution in [0.4, 0.5) is 0 Å². The Balaban J connectivity index is 2.46. The minimum absolute atomic E-state index is 0.0818. The van der Waals surface area contributed by atoms with Gasteiger partial charge in [0.15, 0.2) is 0 Å². The van der Waals surface area contributed by atoms with E-state index in [-0.39, 0.29) is 12.0 Å². The lowest BCUT2D eigenvalue weighted by Gasteiger charge is -2.16. The van der Waals surface area contributed by atoms with E-state index in [1.165, 1.54) is 0 Å². The topological polar surface area (TPSA) is 58.9 Å². The summed E-state index contributed by atoms with van der Waals surface area (Å²) < 4.78 is 0. The third-order valence-corrected chi connectivity index (χ3v) is 2.36. The minimum Gasteiger partial charge on any atom is -0.479 e. The van der Waals surface area contributed by atoms with Crippen LogP contribution in [-0.4, -0.2) is 23.4 Å². The second-order valence-electron chi connectivity index (χ2n) is 3.94. The summed E-state index contributed by atoms with van der Waals surface area (Å²) in [4.78, 5) is 14.8. The van der Waals surface area contributed by atoms with E-state index < -0.39 is 5.97 Å². The van der Waals surface area contributed by atoms with E-state index in [2.05, 4.69) is 19.0 Å². The van der Waals surface area contributed by atoms with Gasteiger partial charge in [-0.2, -0.15) is 0 Å². The average molecular weight is 185 g/mol. The van der Waals surface area contributed by atoms with Crippen LogP contribution >= 0.6 is 0 Å². The molecule has 0 spiro atoms. The largest absolute Gasteiger partial charge is 0.479 e. The van der Waals surface area contributed by atoms with Crippen LogP contribution < -0.4 is 0 Å². The lowest BCUT2D eigenvalue weighted by Crippen LogP contribution is -2.17. The Morgan fingerprint density at radius 1 is 1.69 bits per heavy atom. The maximum Gasteiger partial charge on any atom is 0.344 e. The van der Waals surface area contributed by atoms with Crippen molar-refractivity contribution in [3.05, 3.63) is 0 Å². The highest BCUT2D eigenvalue weighted by molar-refractivity contribution is 5.90. The van der Waals surface area contributed by atoms with Crippen LogP contribution in [0.5, 0.6) is 0 Å². The Bertz CT molecular complexity index is 233. The molecule has 0 bridgehead atoms. The molecule has 1 rings (SSSR count). The van der Waals surface area contributed by atoms with E-state index in [1.54, 1.807) is 0 Å². The third-order valence-electron chi connectivity index (χ3n) is 2.36. The van der Waals surface area contributed by atoms with Crippen LogP contribution in [0.15, 0.2) is 5.16 Å². The van der Waals surface area contributed by atoms with Crippen LogP contribution in [0.3, 0.4) is 0 Å². The molecule has 0 aromatic rings. The monoisotopic (exact) mass is 185 g/mol. The van der Waals surface area contributed by atoms with Gasteiger partial charge in [0.05, 0.1) is 5.71 Å². The average Bonchev–Trinajstić information content (AvgIpc) is 2.30. The zero-order chi connectivity index (χ0) is 9.90. The molecule has 1 saturated carbocycles. The molecule has 4 nitrogen and oxygen atoms in total.